The third kappa shape index (κ3) is 3.00. The van der Waals surface area contributed by atoms with E-state index < -0.39 is 5.60 Å². The third-order valence-corrected chi connectivity index (χ3v) is 5.77. The number of carbonyl (C=O) groups excluding carboxylic acids is 1. The van der Waals surface area contributed by atoms with Crippen LogP contribution in [-0.4, -0.2) is 54.7 Å². The van der Waals surface area contributed by atoms with Gasteiger partial charge in [-0.2, -0.15) is 0 Å². The number of hydrogen-bond donors (Lipinski definition) is 1. The number of rotatable bonds is 3. The lowest BCUT2D eigenvalue weighted by Crippen LogP contribution is -2.43. The van der Waals surface area contributed by atoms with E-state index in [-0.39, 0.29) is 12.1 Å². The summed E-state index contributed by atoms with van der Waals surface area (Å²) >= 11 is 0. The lowest BCUT2D eigenvalue weighted by molar-refractivity contribution is 0.0166. The van der Waals surface area contributed by atoms with E-state index in [0.29, 0.717) is 18.0 Å². The number of likely N-dealkylation sites (tertiary alicyclic amines) is 1. The first-order valence-corrected chi connectivity index (χ1v) is 9.83. The van der Waals surface area contributed by atoms with Crippen LogP contribution in [-0.2, 0) is 4.74 Å². The largest absolute Gasteiger partial charge is 0.444 e. The second kappa shape index (κ2) is 5.81. The van der Waals surface area contributed by atoms with Crippen LogP contribution in [0.3, 0.4) is 0 Å². The summed E-state index contributed by atoms with van der Waals surface area (Å²) in [4.78, 5) is 27.9. The van der Waals surface area contributed by atoms with Crippen LogP contribution >= 0.6 is 0 Å². The highest BCUT2D eigenvalue weighted by atomic mass is 16.6. The maximum atomic E-state index is 12.5. The lowest BCUT2D eigenvalue weighted by Gasteiger charge is -2.33. The number of aromatic nitrogens is 4. The van der Waals surface area contributed by atoms with Crippen molar-refractivity contribution in [3.8, 4) is 0 Å². The highest BCUT2D eigenvalue weighted by Gasteiger charge is 2.48. The fraction of sp³-hybridized carbons (Fsp3) is 0.684. The molecule has 5 rings (SSSR count). The van der Waals surface area contributed by atoms with Gasteiger partial charge in [-0.15, -0.1) is 0 Å². The molecule has 144 valence electrons. The van der Waals surface area contributed by atoms with Gasteiger partial charge in [-0.1, -0.05) is 0 Å². The topological polar surface area (TPSA) is 85.2 Å². The molecule has 0 spiro atoms. The third-order valence-electron chi connectivity index (χ3n) is 5.77. The Morgan fingerprint density at radius 2 is 2.04 bits per heavy atom. The molecule has 1 unspecified atom stereocenters. The van der Waals surface area contributed by atoms with Crippen molar-refractivity contribution in [1.82, 2.24) is 24.4 Å². The molecular formula is C19H26N6O2. The van der Waals surface area contributed by atoms with Crippen molar-refractivity contribution in [2.45, 2.75) is 70.2 Å². The first-order chi connectivity index (χ1) is 12.9. The molecule has 3 atom stereocenters. The van der Waals surface area contributed by atoms with Crippen LogP contribution in [0.5, 0.6) is 0 Å². The van der Waals surface area contributed by atoms with Gasteiger partial charge in [0.1, 0.15) is 17.4 Å². The molecule has 0 aromatic carbocycles. The molecule has 3 heterocycles. The summed E-state index contributed by atoms with van der Waals surface area (Å²) < 4.78 is 7.75. The zero-order chi connectivity index (χ0) is 18.8. The molecule has 3 aliphatic rings. The first kappa shape index (κ1) is 16.8. The van der Waals surface area contributed by atoms with Crippen LogP contribution in [0.2, 0.25) is 0 Å². The summed E-state index contributed by atoms with van der Waals surface area (Å²) in [6.07, 6.45) is 7.64. The minimum absolute atomic E-state index is 0.192. The van der Waals surface area contributed by atoms with E-state index in [2.05, 4.69) is 24.8 Å². The number of amides is 1. The predicted molar refractivity (Wildman–Crippen MR) is 100 cm³/mol. The molecule has 2 aliphatic carbocycles. The van der Waals surface area contributed by atoms with E-state index in [4.69, 9.17) is 4.74 Å². The van der Waals surface area contributed by atoms with E-state index in [1.165, 1.54) is 12.8 Å². The average Bonchev–Trinajstić information content (AvgIpc) is 3.03. The molecule has 2 saturated carbocycles. The molecule has 8 heteroatoms. The fourth-order valence-electron chi connectivity index (χ4n) is 4.43. The van der Waals surface area contributed by atoms with Gasteiger partial charge < -0.3 is 19.5 Å². The Labute approximate surface area is 158 Å². The Morgan fingerprint density at radius 1 is 1.22 bits per heavy atom. The van der Waals surface area contributed by atoms with Gasteiger partial charge in [0.05, 0.1) is 6.33 Å². The van der Waals surface area contributed by atoms with Gasteiger partial charge >= 0.3 is 6.09 Å². The highest BCUT2D eigenvalue weighted by molar-refractivity contribution is 5.83. The van der Waals surface area contributed by atoms with Crippen LogP contribution in [0, 0.1) is 5.92 Å². The standard InChI is InChI=1S/C19H26N6O2/c1-19(2,3)27-18(26)24-8-11-6-13(24)7-14(11)25-10-22-15-16(23-12-4-5-12)20-9-21-17(15)25/h9-14H,4-8H2,1-3H3,(H,20,21,23)/t11-,13-,14?/m1/s1. The molecule has 27 heavy (non-hydrogen) atoms. The number of fused-ring (bicyclic) bond motifs is 3. The van der Waals surface area contributed by atoms with Crippen molar-refractivity contribution in [3.63, 3.8) is 0 Å². The Kier molecular flexibility index (Phi) is 3.61. The van der Waals surface area contributed by atoms with Crippen molar-refractivity contribution in [1.29, 1.82) is 0 Å². The van der Waals surface area contributed by atoms with E-state index in [9.17, 15) is 4.79 Å². The monoisotopic (exact) mass is 370 g/mol. The number of ether oxygens (including phenoxy) is 1. The summed E-state index contributed by atoms with van der Waals surface area (Å²) in [5.41, 5.74) is 1.27. The maximum absolute atomic E-state index is 12.5. The summed E-state index contributed by atoms with van der Waals surface area (Å²) in [5.74, 6) is 1.24. The normalized spacial score (nSPS) is 27.4. The molecule has 2 aromatic rings. The lowest BCUT2D eigenvalue weighted by atomic mass is 10.0. The first-order valence-electron chi connectivity index (χ1n) is 9.83. The van der Waals surface area contributed by atoms with Crippen LogP contribution in [0.1, 0.15) is 52.5 Å². The molecule has 8 nitrogen and oxygen atoms in total. The molecule has 1 aliphatic heterocycles. The van der Waals surface area contributed by atoms with Gasteiger partial charge in [0.25, 0.3) is 0 Å². The Hall–Kier alpha value is -2.38. The molecule has 2 bridgehead atoms. The van der Waals surface area contributed by atoms with E-state index in [0.717, 1.165) is 36.4 Å². The molecule has 1 N–H and O–H groups in total. The van der Waals surface area contributed by atoms with Gasteiger partial charge in [-0.3, -0.25) is 0 Å². The van der Waals surface area contributed by atoms with E-state index in [1.54, 1.807) is 6.33 Å². The summed E-state index contributed by atoms with van der Waals surface area (Å²) in [6.45, 7) is 6.47. The number of hydrogen-bond acceptors (Lipinski definition) is 6. The smallest absolute Gasteiger partial charge is 0.410 e. The number of anilines is 1. The SMILES string of the molecule is CC(C)(C)OC(=O)N1C[C@H]2C[C@@H]1CC2n1cnc2c(NC3CC3)ncnc21. The van der Waals surface area contributed by atoms with Crippen molar-refractivity contribution in [2.24, 2.45) is 5.92 Å². The maximum Gasteiger partial charge on any atom is 0.410 e. The van der Waals surface area contributed by atoms with Crippen molar-refractivity contribution >= 4 is 23.1 Å². The second-order valence-electron chi connectivity index (χ2n) is 9.05. The number of carbonyl (C=O) groups is 1. The zero-order valence-electron chi connectivity index (χ0n) is 16.1. The fourth-order valence-corrected chi connectivity index (χ4v) is 4.43. The molecular weight excluding hydrogens is 344 g/mol. The number of piperidine rings is 1. The quantitative estimate of drug-likeness (QED) is 0.894. The van der Waals surface area contributed by atoms with Crippen LogP contribution in [0.25, 0.3) is 11.2 Å². The Balaban J connectivity index is 1.35. The highest BCUT2D eigenvalue weighted by Crippen LogP contribution is 2.46. The van der Waals surface area contributed by atoms with Gasteiger partial charge in [0.2, 0.25) is 0 Å². The number of imidazole rings is 1. The molecule has 2 aromatic heterocycles. The zero-order valence-corrected chi connectivity index (χ0v) is 16.1. The Morgan fingerprint density at radius 3 is 2.70 bits per heavy atom. The summed E-state index contributed by atoms with van der Waals surface area (Å²) in [7, 11) is 0. The minimum Gasteiger partial charge on any atom is -0.444 e. The summed E-state index contributed by atoms with van der Waals surface area (Å²) in [6, 6.07) is 1.08. The molecule has 3 fully saturated rings. The minimum atomic E-state index is -0.458. The Bertz CT molecular complexity index is 884. The van der Waals surface area contributed by atoms with Crippen molar-refractivity contribution < 1.29 is 9.53 Å². The van der Waals surface area contributed by atoms with Crippen LogP contribution < -0.4 is 5.32 Å². The van der Waals surface area contributed by atoms with Crippen molar-refractivity contribution in [2.75, 3.05) is 11.9 Å². The molecule has 1 saturated heterocycles. The molecule has 1 amide bonds. The van der Waals surface area contributed by atoms with Gasteiger partial charge in [-0.05, 0) is 52.4 Å². The molecule has 0 radical (unpaired) electrons. The predicted octanol–water partition coefficient (Wildman–Crippen LogP) is 2.97. The number of nitrogens with one attached hydrogen (secondary N) is 1. The number of nitrogens with zero attached hydrogens (tertiary/aromatic N) is 5. The van der Waals surface area contributed by atoms with E-state index in [1.807, 2.05) is 32.0 Å². The van der Waals surface area contributed by atoms with Gasteiger partial charge in [0.15, 0.2) is 11.5 Å². The van der Waals surface area contributed by atoms with Crippen LogP contribution in [0.15, 0.2) is 12.7 Å². The van der Waals surface area contributed by atoms with Crippen LogP contribution in [0.4, 0.5) is 10.6 Å². The average molecular weight is 370 g/mol. The van der Waals surface area contributed by atoms with Crippen molar-refractivity contribution in [3.05, 3.63) is 12.7 Å². The van der Waals surface area contributed by atoms with E-state index >= 15 is 0 Å². The summed E-state index contributed by atoms with van der Waals surface area (Å²) in [5, 5.41) is 3.44. The van der Waals surface area contributed by atoms with Gasteiger partial charge in [-0.25, -0.2) is 19.7 Å². The second-order valence-corrected chi connectivity index (χ2v) is 9.05. The van der Waals surface area contributed by atoms with Gasteiger partial charge in [0, 0.05) is 24.7 Å².